The van der Waals surface area contributed by atoms with Crippen LogP contribution in [-0.2, 0) is 0 Å². The van der Waals surface area contributed by atoms with Gasteiger partial charge in [0.2, 0.25) is 0 Å². The van der Waals surface area contributed by atoms with Gasteiger partial charge in [-0.2, -0.15) is 0 Å². The summed E-state index contributed by atoms with van der Waals surface area (Å²) in [4.78, 5) is 4.23. The van der Waals surface area contributed by atoms with Gasteiger partial charge in [0, 0.05) is 6.20 Å². The molecule has 56 valence electrons. The predicted molar refractivity (Wildman–Crippen MR) is 42.4 cm³/mol. The summed E-state index contributed by atoms with van der Waals surface area (Å²) in [6.45, 7) is 6.14. The Morgan fingerprint density at radius 2 is 2.20 bits per heavy atom. The third-order valence-corrected chi connectivity index (χ3v) is 1.82. The Morgan fingerprint density at radius 3 is 2.60 bits per heavy atom. The average molecular weight is 139 g/mol. The van der Waals surface area contributed by atoms with E-state index in [1.165, 1.54) is 10.6 Å². The third kappa shape index (κ3) is 1.19. The molecular weight excluding hydrogens is 126 g/mol. The van der Waals surface area contributed by atoms with E-state index in [9.17, 15) is 0 Å². The maximum atomic E-state index is 5.45. The average Bonchev–Trinajstić information content (AvgIpc) is 1.81. The highest BCUT2D eigenvalue weighted by Gasteiger charge is 2.20. The molecule has 0 bridgehead atoms. The summed E-state index contributed by atoms with van der Waals surface area (Å²) in [5.41, 5.74) is 1.10. The summed E-state index contributed by atoms with van der Waals surface area (Å²) in [6, 6.07) is 0. The van der Waals surface area contributed by atoms with Crippen molar-refractivity contribution in [2.45, 2.75) is 26.3 Å². The van der Waals surface area contributed by atoms with Crippen LogP contribution in [0, 0.1) is 0 Å². The zero-order valence-electron chi connectivity index (χ0n) is 6.63. The van der Waals surface area contributed by atoms with Gasteiger partial charge in [-0.15, -0.1) is 0 Å². The Kier molecular flexibility index (Phi) is 1.52. The van der Waals surface area contributed by atoms with Crippen LogP contribution in [-0.4, -0.2) is 16.9 Å². The van der Waals surface area contributed by atoms with Crippen molar-refractivity contribution in [2.75, 3.05) is 0 Å². The minimum absolute atomic E-state index is 0.0735. The highest BCUT2D eigenvalue weighted by atomic mass is 15.4. The van der Waals surface area contributed by atoms with Gasteiger partial charge in [-0.05, 0) is 26.3 Å². The van der Waals surface area contributed by atoms with Crippen LogP contribution >= 0.6 is 0 Å². The number of nitrogens with zero attached hydrogens (tertiary/aromatic N) is 2. The van der Waals surface area contributed by atoms with Gasteiger partial charge in [-0.3, -0.25) is 10.0 Å². The molecule has 1 aliphatic heterocycles. The third-order valence-electron chi connectivity index (χ3n) is 1.82. The molecule has 0 unspecified atom stereocenters. The van der Waals surface area contributed by atoms with Gasteiger partial charge < -0.3 is 0 Å². The molecule has 3 heteroatoms. The summed E-state index contributed by atoms with van der Waals surface area (Å²) in [7, 11) is 0. The molecule has 0 saturated carbocycles. The highest BCUT2D eigenvalue weighted by molar-refractivity contribution is 5.59. The molecule has 2 N–H and O–H groups in total. The van der Waals surface area contributed by atoms with E-state index in [0.29, 0.717) is 0 Å². The Hall–Kier alpha value is -0.830. The van der Waals surface area contributed by atoms with Gasteiger partial charge in [0.15, 0.2) is 0 Å². The molecule has 0 spiro atoms. The van der Waals surface area contributed by atoms with Crippen molar-refractivity contribution in [3.63, 3.8) is 0 Å². The van der Waals surface area contributed by atoms with E-state index in [4.69, 9.17) is 5.84 Å². The first kappa shape index (κ1) is 7.28. The molecule has 0 fully saturated rings. The Morgan fingerprint density at radius 1 is 1.60 bits per heavy atom. The first-order valence-corrected chi connectivity index (χ1v) is 3.30. The van der Waals surface area contributed by atoms with Gasteiger partial charge in [-0.1, -0.05) is 0 Å². The second kappa shape index (κ2) is 2.09. The van der Waals surface area contributed by atoms with Crippen LogP contribution < -0.4 is 5.84 Å². The lowest BCUT2D eigenvalue weighted by Gasteiger charge is -2.26. The van der Waals surface area contributed by atoms with E-state index in [2.05, 4.69) is 18.8 Å². The number of hydrogen-bond donors (Lipinski definition) is 1. The molecule has 0 aromatic heterocycles. The summed E-state index contributed by atoms with van der Waals surface area (Å²) < 4.78 is 0. The SMILES string of the molecule is CC1=CN(N)C=NC1(C)C. The molecule has 10 heavy (non-hydrogen) atoms. The number of aliphatic imine (C=N–C) groups is 1. The van der Waals surface area contributed by atoms with Crippen molar-refractivity contribution in [3.8, 4) is 0 Å². The van der Waals surface area contributed by atoms with E-state index in [1.807, 2.05) is 13.1 Å². The van der Waals surface area contributed by atoms with E-state index >= 15 is 0 Å². The van der Waals surface area contributed by atoms with Crippen LogP contribution in [0.4, 0.5) is 0 Å². The fourth-order valence-electron chi connectivity index (χ4n) is 0.728. The van der Waals surface area contributed by atoms with Crippen LogP contribution in [0.5, 0.6) is 0 Å². The second-order valence-corrected chi connectivity index (χ2v) is 3.06. The van der Waals surface area contributed by atoms with Gasteiger partial charge in [0.1, 0.15) is 6.34 Å². The molecule has 0 aliphatic carbocycles. The molecule has 0 atom stereocenters. The van der Waals surface area contributed by atoms with E-state index < -0.39 is 0 Å². The zero-order valence-corrected chi connectivity index (χ0v) is 6.63. The van der Waals surface area contributed by atoms with Gasteiger partial charge in [-0.25, -0.2) is 5.84 Å². The van der Waals surface area contributed by atoms with Crippen LogP contribution in [0.3, 0.4) is 0 Å². The van der Waals surface area contributed by atoms with Gasteiger partial charge in [0.25, 0.3) is 0 Å². The molecule has 0 radical (unpaired) electrons. The molecule has 0 aromatic rings. The maximum Gasteiger partial charge on any atom is 0.104 e. The molecule has 1 aliphatic rings. The van der Waals surface area contributed by atoms with E-state index in [-0.39, 0.29) is 5.54 Å². The van der Waals surface area contributed by atoms with Crippen molar-refractivity contribution >= 4 is 6.34 Å². The number of nitrogens with two attached hydrogens (primary N) is 1. The Labute approximate surface area is 61.2 Å². The molecule has 1 rings (SSSR count). The van der Waals surface area contributed by atoms with Gasteiger partial charge >= 0.3 is 0 Å². The van der Waals surface area contributed by atoms with E-state index in [1.54, 1.807) is 6.34 Å². The summed E-state index contributed by atoms with van der Waals surface area (Å²) in [5, 5.41) is 1.47. The first-order chi connectivity index (χ1) is 4.52. The van der Waals surface area contributed by atoms with Crippen LogP contribution in [0.1, 0.15) is 20.8 Å². The van der Waals surface area contributed by atoms with E-state index in [0.717, 1.165) is 0 Å². The molecule has 0 amide bonds. The molecule has 0 aromatic carbocycles. The standard InChI is InChI=1S/C7H13N3/c1-6-4-10(8)5-9-7(6,2)3/h4-5H,8H2,1-3H3. The highest BCUT2D eigenvalue weighted by Crippen LogP contribution is 2.21. The second-order valence-electron chi connectivity index (χ2n) is 3.06. The normalized spacial score (nSPS) is 22.8. The summed E-state index contributed by atoms with van der Waals surface area (Å²) >= 11 is 0. The molecular formula is C7H13N3. The lowest BCUT2D eigenvalue weighted by molar-refractivity contribution is 0.516. The Balaban J connectivity index is 2.87. The zero-order chi connectivity index (χ0) is 7.78. The minimum Gasteiger partial charge on any atom is -0.276 e. The minimum atomic E-state index is -0.0735. The van der Waals surface area contributed by atoms with Crippen molar-refractivity contribution < 1.29 is 0 Å². The smallest absolute Gasteiger partial charge is 0.104 e. The summed E-state index contributed by atoms with van der Waals surface area (Å²) in [5.74, 6) is 5.45. The first-order valence-electron chi connectivity index (χ1n) is 3.30. The van der Waals surface area contributed by atoms with Crippen LogP contribution in [0.2, 0.25) is 0 Å². The number of hydrazine groups is 1. The Bertz CT molecular complexity index is 191. The quantitative estimate of drug-likeness (QED) is 0.506. The van der Waals surface area contributed by atoms with Crippen molar-refractivity contribution in [2.24, 2.45) is 10.8 Å². The maximum absolute atomic E-state index is 5.45. The van der Waals surface area contributed by atoms with Gasteiger partial charge in [0.05, 0.1) is 5.54 Å². The van der Waals surface area contributed by atoms with Crippen molar-refractivity contribution in [1.29, 1.82) is 0 Å². The molecule has 3 nitrogen and oxygen atoms in total. The fourth-order valence-corrected chi connectivity index (χ4v) is 0.728. The molecule has 1 heterocycles. The van der Waals surface area contributed by atoms with Crippen molar-refractivity contribution in [3.05, 3.63) is 11.8 Å². The van der Waals surface area contributed by atoms with Crippen molar-refractivity contribution in [1.82, 2.24) is 5.01 Å². The topological polar surface area (TPSA) is 41.6 Å². The van der Waals surface area contributed by atoms with Crippen LogP contribution in [0.15, 0.2) is 16.8 Å². The number of rotatable bonds is 0. The molecule has 0 saturated heterocycles. The fraction of sp³-hybridized carbons (Fsp3) is 0.571. The number of hydrogen-bond acceptors (Lipinski definition) is 3. The lowest BCUT2D eigenvalue weighted by atomic mass is 9.96. The lowest BCUT2D eigenvalue weighted by Crippen LogP contribution is -2.33. The monoisotopic (exact) mass is 139 g/mol. The van der Waals surface area contributed by atoms with Crippen LogP contribution in [0.25, 0.3) is 0 Å². The largest absolute Gasteiger partial charge is 0.276 e. The predicted octanol–water partition coefficient (Wildman–Crippen LogP) is 0.886. The summed E-state index contributed by atoms with van der Waals surface area (Å²) in [6.07, 6.45) is 3.51.